The molecule has 0 bridgehead atoms. The molecule has 1 aromatic carbocycles. The Hall–Kier alpha value is -2.34. The Morgan fingerprint density at radius 1 is 1.07 bits per heavy atom. The van der Waals surface area contributed by atoms with Gasteiger partial charge in [0.15, 0.2) is 0 Å². The monoisotopic (exact) mass is 367 g/mol. The molecule has 27 heavy (non-hydrogen) atoms. The summed E-state index contributed by atoms with van der Waals surface area (Å²) in [5.74, 6) is 0. The summed E-state index contributed by atoms with van der Waals surface area (Å²) in [5.41, 5.74) is 5.36. The van der Waals surface area contributed by atoms with E-state index in [1.165, 1.54) is 32.4 Å². The Balaban J connectivity index is 1.70. The fraction of sp³-hybridized carbons (Fsp3) is 0.524. The van der Waals surface area contributed by atoms with Gasteiger partial charge >= 0.3 is 5.69 Å². The number of rotatable bonds is 4. The van der Waals surface area contributed by atoms with Crippen molar-refractivity contribution in [2.45, 2.75) is 45.7 Å². The first-order chi connectivity index (χ1) is 13.0. The van der Waals surface area contributed by atoms with E-state index in [9.17, 15) is 4.79 Å². The first kappa shape index (κ1) is 18.0. The zero-order valence-corrected chi connectivity index (χ0v) is 16.8. The van der Waals surface area contributed by atoms with Crippen molar-refractivity contribution in [3.8, 4) is 11.3 Å². The molecule has 0 unspecified atom stereocenters. The molecule has 0 saturated carbocycles. The van der Waals surface area contributed by atoms with Gasteiger partial charge in [-0.15, -0.1) is 0 Å². The van der Waals surface area contributed by atoms with Crippen molar-refractivity contribution < 1.29 is 0 Å². The lowest BCUT2D eigenvalue weighted by atomic mass is 10.0. The van der Waals surface area contributed by atoms with Crippen LogP contribution in [0.25, 0.3) is 22.3 Å². The Morgan fingerprint density at radius 3 is 2.44 bits per heavy atom. The van der Waals surface area contributed by atoms with E-state index >= 15 is 0 Å². The molecule has 3 aromatic rings. The Bertz CT molecular complexity index is 1020. The van der Waals surface area contributed by atoms with Crippen LogP contribution in [0.4, 0.5) is 0 Å². The summed E-state index contributed by atoms with van der Waals surface area (Å²) in [4.78, 5) is 19.3. The number of hydrogen-bond donors (Lipinski definition) is 0. The molecule has 1 atom stereocenters. The largest absolute Gasteiger partial charge is 0.329 e. The minimum Gasteiger partial charge on any atom is -0.329 e. The lowest BCUT2D eigenvalue weighted by Gasteiger charge is -2.32. The normalized spacial score (nSPS) is 16.9. The molecular weight excluding hydrogens is 338 g/mol. The molecule has 1 fully saturated rings. The van der Waals surface area contributed by atoms with Crippen LogP contribution in [0.2, 0.25) is 0 Å². The highest BCUT2D eigenvalue weighted by Crippen LogP contribution is 2.28. The van der Waals surface area contributed by atoms with E-state index in [1.807, 2.05) is 26.6 Å². The predicted octanol–water partition coefficient (Wildman–Crippen LogP) is 2.92. The lowest BCUT2D eigenvalue weighted by Crippen LogP contribution is -2.39. The van der Waals surface area contributed by atoms with Crippen molar-refractivity contribution in [1.29, 1.82) is 0 Å². The number of aromatic nitrogens is 4. The first-order valence-electron chi connectivity index (χ1n) is 9.88. The van der Waals surface area contributed by atoms with Crippen molar-refractivity contribution in [3.05, 3.63) is 40.7 Å². The van der Waals surface area contributed by atoms with Gasteiger partial charge in [0.05, 0.1) is 29.3 Å². The summed E-state index contributed by atoms with van der Waals surface area (Å²) in [6.45, 7) is 7.74. The Morgan fingerprint density at radius 2 is 1.74 bits per heavy atom. The maximum atomic E-state index is 12.3. The van der Waals surface area contributed by atoms with Crippen LogP contribution in [0.1, 0.15) is 31.7 Å². The van der Waals surface area contributed by atoms with E-state index in [-0.39, 0.29) is 5.69 Å². The molecule has 4 rings (SSSR count). The van der Waals surface area contributed by atoms with Gasteiger partial charge in [-0.25, -0.2) is 9.78 Å². The molecule has 144 valence electrons. The molecule has 1 aliphatic heterocycles. The summed E-state index contributed by atoms with van der Waals surface area (Å²) < 4.78 is 5.69. The molecule has 0 amide bonds. The predicted molar refractivity (Wildman–Crippen MR) is 109 cm³/mol. The summed E-state index contributed by atoms with van der Waals surface area (Å²) in [5, 5.41) is 0. The van der Waals surface area contributed by atoms with Crippen LogP contribution in [0.5, 0.6) is 0 Å². The number of hydrogen-bond acceptors (Lipinski definition) is 3. The van der Waals surface area contributed by atoms with Crippen molar-refractivity contribution in [2.75, 3.05) is 13.1 Å². The molecule has 2 aromatic heterocycles. The maximum Gasteiger partial charge on any atom is 0.328 e. The van der Waals surface area contributed by atoms with Gasteiger partial charge in [0.2, 0.25) is 0 Å². The van der Waals surface area contributed by atoms with E-state index in [0.717, 1.165) is 34.4 Å². The van der Waals surface area contributed by atoms with E-state index in [0.29, 0.717) is 6.04 Å². The molecule has 0 spiro atoms. The van der Waals surface area contributed by atoms with Crippen LogP contribution < -0.4 is 5.69 Å². The quantitative estimate of drug-likeness (QED) is 0.712. The number of likely N-dealkylation sites (tertiary alicyclic amines) is 1. The van der Waals surface area contributed by atoms with Crippen LogP contribution in [-0.2, 0) is 20.6 Å². The van der Waals surface area contributed by atoms with Gasteiger partial charge < -0.3 is 4.57 Å². The Kier molecular flexibility index (Phi) is 4.68. The van der Waals surface area contributed by atoms with Gasteiger partial charge in [-0.05, 0) is 57.5 Å². The number of imidazole rings is 2. The highest BCUT2D eigenvalue weighted by molar-refractivity contribution is 5.84. The number of aryl methyl sites for hydroxylation is 3. The second-order valence-electron chi connectivity index (χ2n) is 7.93. The molecule has 0 aliphatic carbocycles. The van der Waals surface area contributed by atoms with Crippen LogP contribution >= 0.6 is 0 Å². The van der Waals surface area contributed by atoms with E-state index < -0.39 is 0 Å². The molecule has 0 N–H and O–H groups in total. The lowest BCUT2D eigenvalue weighted by molar-refractivity contribution is 0.160. The fourth-order valence-electron chi connectivity index (χ4n) is 4.38. The van der Waals surface area contributed by atoms with Crippen molar-refractivity contribution in [1.82, 2.24) is 23.6 Å². The number of nitrogens with zero attached hydrogens (tertiary/aromatic N) is 5. The third-order valence-electron chi connectivity index (χ3n) is 6.08. The van der Waals surface area contributed by atoms with Gasteiger partial charge in [0.1, 0.15) is 0 Å². The van der Waals surface area contributed by atoms with Crippen molar-refractivity contribution in [2.24, 2.45) is 14.1 Å². The second-order valence-corrected chi connectivity index (χ2v) is 7.93. The van der Waals surface area contributed by atoms with E-state index in [4.69, 9.17) is 0 Å². The van der Waals surface area contributed by atoms with Gasteiger partial charge in [0, 0.05) is 32.2 Å². The third-order valence-corrected chi connectivity index (χ3v) is 6.08. The van der Waals surface area contributed by atoms with Gasteiger partial charge in [-0.3, -0.25) is 14.0 Å². The van der Waals surface area contributed by atoms with Crippen LogP contribution in [0.3, 0.4) is 0 Å². The SMILES string of the molecule is Cc1cc2c(cc1-c1cncn1C[C@H](C)N1CCCCC1)n(C)c(=O)n2C. The molecule has 0 radical (unpaired) electrons. The average molecular weight is 367 g/mol. The molecule has 1 saturated heterocycles. The van der Waals surface area contributed by atoms with Crippen LogP contribution in [0.15, 0.2) is 29.5 Å². The highest BCUT2D eigenvalue weighted by atomic mass is 16.1. The average Bonchev–Trinajstić information content (AvgIpc) is 3.21. The summed E-state index contributed by atoms with van der Waals surface area (Å²) in [6, 6.07) is 4.73. The van der Waals surface area contributed by atoms with E-state index in [1.54, 1.807) is 9.13 Å². The smallest absolute Gasteiger partial charge is 0.328 e. The summed E-state index contributed by atoms with van der Waals surface area (Å²) >= 11 is 0. The van der Waals surface area contributed by atoms with Crippen molar-refractivity contribution >= 4 is 11.0 Å². The van der Waals surface area contributed by atoms with Crippen LogP contribution in [0, 0.1) is 6.92 Å². The maximum absolute atomic E-state index is 12.3. The van der Waals surface area contributed by atoms with Crippen LogP contribution in [-0.4, -0.2) is 42.7 Å². The zero-order valence-electron chi connectivity index (χ0n) is 16.8. The second kappa shape index (κ2) is 7.00. The summed E-state index contributed by atoms with van der Waals surface area (Å²) in [7, 11) is 3.66. The Labute approximate surface area is 160 Å². The van der Waals surface area contributed by atoms with Gasteiger partial charge in [-0.1, -0.05) is 6.42 Å². The van der Waals surface area contributed by atoms with Crippen molar-refractivity contribution in [3.63, 3.8) is 0 Å². The fourth-order valence-corrected chi connectivity index (χ4v) is 4.38. The third kappa shape index (κ3) is 3.12. The zero-order chi connectivity index (χ0) is 19.1. The molecule has 6 nitrogen and oxygen atoms in total. The summed E-state index contributed by atoms with van der Waals surface area (Å²) in [6.07, 6.45) is 7.84. The minimum absolute atomic E-state index is 0.00813. The highest BCUT2D eigenvalue weighted by Gasteiger charge is 2.19. The number of piperidine rings is 1. The topological polar surface area (TPSA) is 48.0 Å². The molecule has 1 aliphatic rings. The number of benzene rings is 1. The molecular formula is C21H29N5O. The molecule has 3 heterocycles. The van der Waals surface area contributed by atoms with Gasteiger partial charge in [-0.2, -0.15) is 0 Å². The van der Waals surface area contributed by atoms with Gasteiger partial charge in [0.25, 0.3) is 0 Å². The standard InChI is InChI=1S/C21H29N5O/c1-15-10-18-19(24(4)21(27)23(18)3)11-17(15)20-12-22-14-26(20)13-16(2)25-8-6-5-7-9-25/h10-12,14,16H,5-9,13H2,1-4H3/t16-/m0/s1. The van der Waals surface area contributed by atoms with E-state index in [2.05, 4.69) is 40.4 Å². The first-order valence-corrected chi connectivity index (χ1v) is 9.88. The molecule has 6 heteroatoms. The number of fused-ring (bicyclic) bond motifs is 1. The minimum atomic E-state index is 0.00813.